The lowest BCUT2D eigenvalue weighted by Crippen LogP contribution is -2.31. The lowest BCUT2D eigenvalue weighted by molar-refractivity contribution is 0.269. The Bertz CT molecular complexity index is 519. The van der Waals surface area contributed by atoms with Crippen molar-refractivity contribution in [2.24, 2.45) is 0 Å². The van der Waals surface area contributed by atoms with Crippen molar-refractivity contribution in [1.82, 2.24) is 5.32 Å². The van der Waals surface area contributed by atoms with Gasteiger partial charge in [-0.05, 0) is 50.6 Å². The van der Waals surface area contributed by atoms with Crippen molar-refractivity contribution in [2.45, 2.75) is 33.4 Å². The molecule has 102 valence electrons. The molecular formula is C16H21NO2. The van der Waals surface area contributed by atoms with Crippen LogP contribution in [-0.4, -0.2) is 12.6 Å². The van der Waals surface area contributed by atoms with E-state index >= 15 is 0 Å². The number of ether oxygens (including phenoxy) is 1. The van der Waals surface area contributed by atoms with E-state index in [0.717, 1.165) is 23.8 Å². The highest BCUT2D eigenvalue weighted by Gasteiger charge is 2.05. The number of benzene rings is 1. The molecule has 0 bridgehead atoms. The Morgan fingerprint density at radius 3 is 2.74 bits per heavy atom. The van der Waals surface area contributed by atoms with Gasteiger partial charge in [0.1, 0.15) is 23.9 Å². The van der Waals surface area contributed by atoms with Crippen molar-refractivity contribution in [3.8, 4) is 5.75 Å². The Hall–Kier alpha value is -1.74. The van der Waals surface area contributed by atoms with Gasteiger partial charge in [0.15, 0.2) is 0 Å². The van der Waals surface area contributed by atoms with Gasteiger partial charge in [-0.15, -0.1) is 0 Å². The summed E-state index contributed by atoms with van der Waals surface area (Å²) >= 11 is 0. The molecule has 0 saturated carbocycles. The monoisotopic (exact) mass is 259 g/mol. The molecule has 3 nitrogen and oxygen atoms in total. The fourth-order valence-corrected chi connectivity index (χ4v) is 1.84. The van der Waals surface area contributed by atoms with Crippen LogP contribution in [0, 0.1) is 13.8 Å². The van der Waals surface area contributed by atoms with Crippen molar-refractivity contribution in [1.29, 1.82) is 0 Å². The molecule has 1 unspecified atom stereocenters. The van der Waals surface area contributed by atoms with Crippen LogP contribution >= 0.6 is 0 Å². The van der Waals surface area contributed by atoms with Gasteiger partial charge >= 0.3 is 0 Å². The minimum atomic E-state index is 0.269. The van der Waals surface area contributed by atoms with Crippen molar-refractivity contribution in [3.63, 3.8) is 0 Å². The number of rotatable bonds is 6. The standard InChI is InChI=1S/C16H21NO2/c1-12-5-4-6-15(9-12)18-11-13(2)17-10-16-8-7-14(3)19-16/h4-9,13,17H,10-11H2,1-3H3. The molecule has 2 rings (SSSR count). The topological polar surface area (TPSA) is 34.4 Å². The van der Waals surface area contributed by atoms with Crippen LogP contribution in [-0.2, 0) is 6.54 Å². The number of hydrogen-bond donors (Lipinski definition) is 1. The Morgan fingerprint density at radius 2 is 2.05 bits per heavy atom. The van der Waals surface area contributed by atoms with Crippen molar-refractivity contribution < 1.29 is 9.15 Å². The fraction of sp³-hybridized carbons (Fsp3) is 0.375. The molecule has 1 atom stereocenters. The first-order valence-corrected chi connectivity index (χ1v) is 6.61. The first-order chi connectivity index (χ1) is 9.13. The molecule has 0 spiro atoms. The Morgan fingerprint density at radius 1 is 1.21 bits per heavy atom. The Kier molecular flexibility index (Phi) is 4.63. The van der Waals surface area contributed by atoms with Crippen molar-refractivity contribution in [2.75, 3.05) is 6.61 Å². The van der Waals surface area contributed by atoms with Crippen LogP contribution < -0.4 is 10.1 Å². The van der Waals surface area contributed by atoms with Gasteiger partial charge in [0.05, 0.1) is 6.54 Å². The van der Waals surface area contributed by atoms with Gasteiger partial charge in [-0.2, -0.15) is 0 Å². The van der Waals surface area contributed by atoms with Crippen molar-refractivity contribution in [3.05, 3.63) is 53.5 Å². The minimum Gasteiger partial charge on any atom is -0.492 e. The SMILES string of the molecule is Cc1cccc(OCC(C)NCc2ccc(C)o2)c1. The lowest BCUT2D eigenvalue weighted by atomic mass is 10.2. The second kappa shape index (κ2) is 6.43. The van der Waals surface area contributed by atoms with E-state index in [-0.39, 0.29) is 6.04 Å². The molecule has 1 N–H and O–H groups in total. The highest BCUT2D eigenvalue weighted by Crippen LogP contribution is 2.12. The van der Waals surface area contributed by atoms with Crippen LogP contribution in [0.5, 0.6) is 5.75 Å². The van der Waals surface area contributed by atoms with Gasteiger partial charge in [0, 0.05) is 6.04 Å². The average molecular weight is 259 g/mol. The highest BCUT2D eigenvalue weighted by atomic mass is 16.5. The van der Waals surface area contributed by atoms with E-state index in [4.69, 9.17) is 9.15 Å². The first-order valence-electron chi connectivity index (χ1n) is 6.61. The van der Waals surface area contributed by atoms with Gasteiger partial charge in [-0.25, -0.2) is 0 Å². The summed E-state index contributed by atoms with van der Waals surface area (Å²) < 4.78 is 11.3. The van der Waals surface area contributed by atoms with Crippen LogP contribution in [0.1, 0.15) is 24.0 Å². The number of nitrogens with one attached hydrogen (secondary N) is 1. The fourth-order valence-electron chi connectivity index (χ4n) is 1.84. The summed E-state index contributed by atoms with van der Waals surface area (Å²) in [6.45, 7) is 7.49. The molecule has 3 heteroatoms. The predicted molar refractivity (Wildman–Crippen MR) is 76.4 cm³/mol. The second-order valence-electron chi connectivity index (χ2n) is 4.92. The zero-order valence-electron chi connectivity index (χ0n) is 11.8. The van der Waals surface area contributed by atoms with Crippen LogP contribution in [0.15, 0.2) is 40.8 Å². The van der Waals surface area contributed by atoms with Gasteiger partial charge in [-0.3, -0.25) is 0 Å². The Balaban J connectivity index is 1.74. The predicted octanol–water partition coefficient (Wildman–Crippen LogP) is 3.45. The molecule has 1 aromatic carbocycles. The molecule has 0 saturated heterocycles. The van der Waals surface area contributed by atoms with Gasteiger partial charge in [-0.1, -0.05) is 12.1 Å². The summed E-state index contributed by atoms with van der Waals surface area (Å²) in [4.78, 5) is 0. The summed E-state index contributed by atoms with van der Waals surface area (Å²) in [5, 5.41) is 3.38. The maximum atomic E-state index is 5.75. The maximum absolute atomic E-state index is 5.75. The molecule has 2 aromatic rings. The maximum Gasteiger partial charge on any atom is 0.119 e. The first kappa shape index (κ1) is 13.7. The summed E-state index contributed by atoms with van der Waals surface area (Å²) in [7, 11) is 0. The summed E-state index contributed by atoms with van der Waals surface area (Å²) in [6.07, 6.45) is 0. The van der Waals surface area contributed by atoms with E-state index in [2.05, 4.69) is 25.2 Å². The number of hydrogen-bond acceptors (Lipinski definition) is 3. The molecule has 0 amide bonds. The van der Waals surface area contributed by atoms with Gasteiger partial charge < -0.3 is 14.5 Å². The smallest absolute Gasteiger partial charge is 0.119 e. The van der Waals surface area contributed by atoms with Crippen LogP contribution in [0.3, 0.4) is 0 Å². The van der Waals surface area contributed by atoms with Gasteiger partial charge in [0.25, 0.3) is 0 Å². The van der Waals surface area contributed by atoms with E-state index in [1.807, 2.05) is 37.3 Å². The lowest BCUT2D eigenvalue weighted by Gasteiger charge is -2.14. The van der Waals surface area contributed by atoms with E-state index in [0.29, 0.717) is 6.61 Å². The molecule has 0 fully saturated rings. The second-order valence-corrected chi connectivity index (χ2v) is 4.92. The molecule has 0 aliphatic rings. The summed E-state index contributed by atoms with van der Waals surface area (Å²) in [5.41, 5.74) is 1.21. The zero-order chi connectivity index (χ0) is 13.7. The van der Waals surface area contributed by atoms with E-state index in [9.17, 15) is 0 Å². The van der Waals surface area contributed by atoms with Crippen LogP contribution in [0.4, 0.5) is 0 Å². The van der Waals surface area contributed by atoms with E-state index < -0.39 is 0 Å². The molecule has 19 heavy (non-hydrogen) atoms. The number of aryl methyl sites for hydroxylation is 2. The molecule has 0 aliphatic heterocycles. The third-order valence-electron chi connectivity index (χ3n) is 2.91. The summed E-state index contributed by atoms with van der Waals surface area (Å²) in [6, 6.07) is 12.3. The molecule has 1 heterocycles. The largest absolute Gasteiger partial charge is 0.492 e. The Labute approximate surface area is 114 Å². The molecule has 0 radical (unpaired) electrons. The third-order valence-corrected chi connectivity index (χ3v) is 2.91. The number of furan rings is 1. The third kappa shape index (κ3) is 4.45. The quantitative estimate of drug-likeness (QED) is 0.862. The summed E-state index contributed by atoms with van der Waals surface area (Å²) in [5.74, 6) is 2.82. The minimum absolute atomic E-state index is 0.269. The van der Waals surface area contributed by atoms with Gasteiger partial charge in [0.2, 0.25) is 0 Å². The normalized spacial score (nSPS) is 12.4. The van der Waals surface area contributed by atoms with E-state index in [1.165, 1.54) is 5.56 Å². The van der Waals surface area contributed by atoms with E-state index in [1.54, 1.807) is 0 Å². The van der Waals surface area contributed by atoms with Crippen LogP contribution in [0.2, 0.25) is 0 Å². The highest BCUT2D eigenvalue weighted by molar-refractivity contribution is 5.27. The average Bonchev–Trinajstić information content (AvgIpc) is 2.80. The van der Waals surface area contributed by atoms with Crippen LogP contribution in [0.25, 0.3) is 0 Å². The molecule has 0 aliphatic carbocycles. The zero-order valence-corrected chi connectivity index (χ0v) is 11.8. The van der Waals surface area contributed by atoms with Crippen molar-refractivity contribution >= 4 is 0 Å². The molecule has 1 aromatic heterocycles. The molecular weight excluding hydrogens is 238 g/mol.